The first-order valence-electron chi connectivity index (χ1n) is 0.512. The number of hydrogen-bond acceptors (Lipinski definition) is 2. The van der Waals surface area contributed by atoms with Gasteiger partial charge in [-0.1, -0.05) is 0 Å². The SMILES string of the molecule is N#CN.[H-].[H-].[Li+].[Li+]. The Morgan fingerprint density at radius 1 is 1.60 bits per heavy atom. The van der Waals surface area contributed by atoms with Gasteiger partial charge in [-0.05, 0) is 0 Å². The van der Waals surface area contributed by atoms with E-state index in [0.717, 1.165) is 0 Å². The topological polar surface area (TPSA) is 49.8 Å². The third kappa shape index (κ3) is 118. The molecule has 0 spiro atoms. The van der Waals surface area contributed by atoms with E-state index in [2.05, 4.69) is 5.73 Å². The Morgan fingerprint density at radius 2 is 1.60 bits per heavy atom. The van der Waals surface area contributed by atoms with E-state index in [4.69, 9.17) is 5.26 Å². The summed E-state index contributed by atoms with van der Waals surface area (Å²) in [6.07, 6.45) is 1.25. The molecular weight excluding hydrogens is 53.9 g/mol. The molecule has 0 aliphatic heterocycles. The third-order valence-corrected chi connectivity index (χ3v) is 0. The smallest absolute Gasteiger partial charge is 1.00 e. The van der Waals surface area contributed by atoms with Crippen LogP contribution in [0.5, 0.6) is 0 Å². The van der Waals surface area contributed by atoms with Gasteiger partial charge in [0.05, 0.1) is 0 Å². The van der Waals surface area contributed by atoms with Crippen molar-refractivity contribution >= 4 is 0 Å². The normalized spacial score (nSPS) is 1.40. The molecular formula is CH4Li2N2. The maximum atomic E-state index is 7.10. The fourth-order valence-electron chi connectivity index (χ4n) is 0. The van der Waals surface area contributed by atoms with Gasteiger partial charge in [0.2, 0.25) is 0 Å². The van der Waals surface area contributed by atoms with E-state index in [1.807, 2.05) is 0 Å². The van der Waals surface area contributed by atoms with Gasteiger partial charge >= 0.3 is 37.7 Å². The minimum atomic E-state index is 0. The quantitative estimate of drug-likeness (QED) is 0.171. The molecule has 0 rings (SSSR count). The van der Waals surface area contributed by atoms with Crippen LogP contribution < -0.4 is 43.5 Å². The van der Waals surface area contributed by atoms with E-state index in [1.165, 1.54) is 6.19 Å². The first-order chi connectivity index (χ1) is 1.41. The average molecular weight is 57.9 g/mol. The second kappa shape index (κ2) is 24.7. The Kier molecular flexibility index (Phi) is 88.3. The minimum Gasteiger partial charge on any atom is -1.00 e. The van der Waals surface area contributed by atoms with E-state index >= 15 is 0 Å². The van der Waals surface area contributed by atoms with Gasteiger partial charge in [-0.15, -0.1) is 0 Å². The van der Waals surface area contributed by atoms with E-state index in [0.29, 0.717) is 0 Å². The van der Waals surface area contributed by atoms with Gasteiger partial charge in [0, 0.05) is 0 Å². The van der Waals surface area contributed by atoms with Gasteiger partial charge in [0.25, 0.3) is 0 Å². The summed E-state index contributed by atoms with van der Waals surface area (Å²) in [5, 5.41) is 7.10. The van der Waals surface area contributed by atoms with Gasteiger partial charge < -0.3 is 8.59 Å². The van der Waals surface area contributed by atoms with Crippen LogP contribution in [-0.2, 0) is 0 Å². The van der Waals surface area contributed by atoms with Crippen LogP contribution in [0.25, 0.3) is 0 Å². The molecule has 0 aliphatic rings. The molecule has 2 nitrogen and oxygen atoms in total. The summed E-state index contributed by atoms with van der Waals surface area (Å²) in [6.45, 7) is 0. The standard InChI is InChI=1S/CH2N2.2Li.2H/c2-1-3;;;;/h2H2;;;;/q;2*+1;2*-1. The predicted octanol–water partition coefficient (Wildman–Crippen LogP) is -6.34. The summed E-state index contributed by atoms with van der Waals surface area (Å²) in [5.74, 6) is 0. The van der Waals surface area contributed by atoms with Crippen molar-refractivity contribution in [1.82, 2.24) is 0 Å². The van der Waals surface area contributed by atoms with Crippen LogP contribution in [0, 0.1) is 11.5 Å². The van der Waals surface area contributed by atoms with Crippen LogP contribution in [0.1, 0.15) is 2.85 Å². The molecule has 0 amide bonds. The summed E-state index contributed by atoms with van der Waals surface area (Å²) >= 11 is 0. The molecule has 0 aromatic carbocycles. The fourth-order valence-corrected chi connectivity index (χ4v) is 0. The largest absolute Gasteiger partial charge is 1.00 e. The van der Waals surface area contributed by atoms with Crippen LogP contribution in [0.15, 0.2) is 0 Å². The number of nitrogens with zero attached hydrogens (tertiary/aromatic N) is 1. The van der Waals surface area contributed by atoms with E-state index in [1.54, 1.807) is 0 Å². The van der Waals surface area contributed by atoms with Gasteiger partial charge in [-0.2, -0.15) is 5.26 Å². The maximum Gasteiger partial charge on any atom is 1.00 e. The fraction of sp³-hybridized carbons (Fsp3) is 0. The molecule has 0 fully saturated rings. The molecule has 5 heavy (non-hydrogen) atoms. The molecule has 0 aromatic rings. The van der Waals surface area contributed by atoms with Gasteiger partial charge in [-0.25, -0.2) is 0 Å². The van der Waals surface area contributed by atoms with E-state index in [-0.39, 0.29) is 40.6 Å². The molecule has 0 radical (unpaired) electrons. The number of nitriles is 1. The molecule has 0 bridgehead atoms. The second-order valence-corrected chi connectivity index (χ2v) is 0.129. The Balaban J connectivity index is -0.00000000333. The molecule has 0 saturated heterocycles. The molecule has 0 unspecified atom stereocenters. The van der Waals surface area contributed by atoms with Gasteiger partial charge in [0.1, 0.15) is 0 Å². The van der Waals surface area contributed by atoms with Crippen molar-refractivity contribution in [3.8, 4) is 6.19 Å². The molecule has 4 heteroatoms. The van der Waals surface area contributed by atoms with Crippen LogP contribution >= 0.6 is 0 Å². The Bertz CT molecular complexity index is 35.2. The van der Waals surface area contributed by atoms with Crippen molar-refractivity contribution in [3.63, 3.8) is 0 Å². The van der Waals surface area contributed by atoms with Crippen molar-refractivity contribution in [1.29, 1.82) is 5.26 Å². The first-order valence-corrected chi connectivity index (χ1v) is 0.512. The second-order valence-electron chi connectivity index (χ2n) is 0.129. The molecule has 2 N–H and O–H groups in total. The molecule has 0 aliphatic carbocycles. The summed E-state index contributed by atoms with van der Waals surface area (Å²) in [4.78, 5) is 0. The van der Waals surface area contributed by atoms with Crippen LogP contribution in [0.2, 0.25) is 0 Å². The van der Waals surface area contributed by atoms with Crippen LogP contribution in [0.4, 0.5) is 0 Å². The summed E-state index contributed by atoms with van der Waals surface area (Å²) in [7, 11) is 0. The zero-order valence-electron chi connectivity index (χ0n) is 5.52. The van der Waals surface area contributed by atoms with E-state index in [9.17, 15) is 0 Å². The third-order valence-electron chi connectivity index (χ3n) is 0. The average Bonchev–Trinajstić information content (AvgIpc) is 0.918. The summed E-state index contributed by atoms with van der Waals surface area (Å²) in [6, 6.07) is 0. The summed E-state index contributed by atoms with van der Waals surface area (Å²) in [5.41, 5.74) is 4.15. The van der Waals surface area contributed by atoms with Gasteiger partial charge in [0.15, 0.2) is 6.19 Å². The van der Waals surface area contributed by atoms with Crippen molar-refractivity contribution in [2.24, 2.45) is 5.73 Å². The molecule has 0 saturated carbocycles. The monoisotopic (exact) mass is 58.1 g/mol. The zero-order valence-corrected chi connectivity index (χ0v) is 3.52. The Hall–Kier alpha value is 0.485. The number of nitrogens with two attached hydrogens (primary N) is 1. The number of hydrogen-bond donors (Lipinski definition) is 1. The first kappa shape index (κ1) is 17.9. The van der Waals surface area contributed by atoms with Crippen molar-refractivity contribution < 1.29 is 40.6 Å². The zero-order chi connectivity index (χ0) is 2.71. The van der Waals surface area contributed by atoms with Crippen molar-refractivity contribution in [3.05, 3.63) is 0 Å². The van der Waals surface area contributed by atoms with E-state index < -0.39 is 0 Å². The Morgan fingerprint density at radius 3 is 1.60 bits per heavy atom. The van der Waals surface area contributed by atoms with Crippen molar-refractivity contribution in [2.75, 3.05) is 0 Å². The maximum absolute atomic E-state index is 7.10. The number of rotatable bonds is 0. The Labute approximate surface area is 58.0 Å². The molecule has 20 valence electrons. The van der Waals surface area contributed by atoms with Crippen molar-refractivity contribution in [2.45, 2.75) is 0 Å². The van der Waals surface area contributed by atoms with Crippen LogP contribution in [-0.4, -0.2) is 0 Å². The minimum absolute atomic E-state index is 0. The molecule has 0 heterocycles. The predicted molar refractivity (Wildman–Crippen MR) is 12.0 cm³/mol. The summed E-state index contributed by atoms with van der Waals surface area (Å²) < 4.78 is 0. The molecule has 0 atom stereocenters. The van der Waals surface area contributed by atoms with Gasteiger partial charge in [-0.3, -0.25) is 0 Å². The van der Waals surface area contributed by atoms with Crippen LogP contribution in [0.3, 0.4) is 0 Å². The molecule has 0 aromatic heterocycles.